The number of aromatic nitrogens is 1. The summed E-state index contributed by atoms with van der Waals surface area (Å²) in [6.07, 6.45) is 5.31. The molecule has 0 aliphatic carbocycles. The molecule has 0 N–H and O–H groups in total. The van der Waals surface area contributed by atoms with E-state index >= 15 is 0 Å². The van der Waals surface area contributed by atoms with Gasteiger partial charge in [0, 0.05) is 30.4 Å². The van der Waals surface area contributed by atoms with E-state index < -0.39 is 0 Å². The first kappa shape index (κ1) is 18.2. The number of piperidine rings is 1. The SMILES string of the molecule is C=CCN1CCC2(CC1)CN(C(=O)c1cccnc1S)c1ccc(F)cc12. The summed E-state index contributed by atoms with van der Waals surface area (Å²) in [5.74, 6) is -0.390. The van der Waals surface area contributed by atoms with Crippen LogP contribution in [0.2, 0.25) is 0 Å². The van der Waals surface area contributed by atoms with Gasteiger partial charge in [0.25, 0.3) is 5.91 Å². The third-order valence-corrected chi connectivity index (χ3v) is 6.10. The molecule has 1 saturated heterocycles. The molecule has 2 aliphatic heterocycles. The summed E-state index contributed by atoms with van der Waals surface area (Å²) in [4.78, 5) is 21.5. The molecule has 1 aromatic heterocycles. The van der Waals surface area contributed by atoms with Crippen molar-refractivity contribution in [1.29, 1.82) is 0 Å². The van der Waals surface area contributed by atoms with Crippen molar-refractivity contribution in [1.82, 2.24) is 9.88 Å². The predicted molar refractivity (Wildman–Crippen MR) is 107 cm³/mol. The minimum absolute atomic E-state index is 0.133. The van der Waals surface area contributed by atoms with E-state index in [1.54, 1.807) is 35.4 Å². The lowest BCUT2D eigenvalue weighted by atomic mass is 9.74. The number of rotatable bonds is 3. The Morgan fingerprint density at radius 3 is 2.81 bits per heavy atom. The first-order chi connectivity index (χ1) is 13.0. The van der Waals surface area contributed by atoms with Gasteiger partial charge in [-0.1, -0.05) is 6.08 Å². The first-order valence-electron chi connectivity index (χ1n) is 9.13. The van der Waals surface area contributed by atoms with Crippen LogP contribution in [0.1, 0.15) is 28.8 Å². The fourth-order valence-electron chi connectivity index (χ4n) is 4.31. The average molecular weight is 383 g/mol. The highest BCUT2D eigenvalue weighted by Gasteiger charge is 2.46. The van der Waals surface area contributed by atoms with Crippen LogP contribution in [0.3, 0.4) is 0 Å². The molecule has 27 heavy (non-hydrogen) atoms. The Bertz CT molecular complexity index is 893. The van der Waals surface area contributed by atoms with E-state index in [1.807, 2.05) is 6.08 Å². The van der Waals surface area contributed by atoms with Gasteiger partial charge in [-0.2, -0.15) is 0 Å². The van der Waals surface area contributed by atoms with Crippen LogP contribution in [0.15, 0.2) is 54.2 Å². The monoisotopic (exact) mass is 383 g/mol. The molecule has 1 amide bonds. The van der Waals surface area contributed by atoms with Gasteiger partial charge in [0.2, 0.25) is 0 Å². The maximum absolute atomic E-state index is 14.1. The fourth-order valence-corrected chi connectivity index (χ4v) is 4.54. The second kappa shape index (κ2) is 7.09. The highest BCUT2D eigenvalue weighted by molar-refractivity contribution is 7.80. The standard InChI is InChI=1S/C21H22FN3OS/c1-2-10-24-11-7-21(8-12-24)14-25(18-6-5-15(22)13-17(18)21)20(26)16-4-3-9-23-19(16)27/h2-6,9,13H,1,7-8,10-12,14H2,(H,23,27). The van der Waals surface area contributed by atoms with E-state index in [9.17, 15) is 9.18 Å². The van der Waals surface area contributed by atoms with Gasteiger partial charge in [-0.15, -0.1) is 19.2 Å². The zero-order chi connectivity index (χ0) is 19.0. The minimum atomic E-state index is -0.257. The number of nitrogens with zero attached hydrogens (tertiary/aromatic N) is 3. The van der Waals surface area contributed by atoms with Crippen molar-refractivity contribution in [3.63, 3.8) is 0 Å². The molecule has 2 aromatic rings. The number of benzene rings is 1. The molecule has 4 rings (SSSR count). The Morgan fingerprint density at radius 2 is 2.11 bits per heavy atom. The number of carbonyl (C=O) groups excluding carboxylic acids is 1. The van der Waals surface area contributed by atoms with Crippen molar-refractivity contribution in [2.24, 2.45) is 0 Å². The molecule has 1 fully saturated rings. The zero-order valence-corrected chi connectivity index (χ0v) is 16.0. The number of thiol groups is 1. The number of anilines is 1. The third-order valence-electron chi connectivity index (χ3n) is 5.74. The lowest BCUT2D eigenvalue weighted by Gasteiger charge is -2.39. The second-order valence-corrected chi connectivity index (χ2v) is 7.72. The highest BCUT2D eigenvalue weighted by Crippen LogP contribution is 2.47. The lowest BCUT2D eigenvalue weighted by molar-refractivity contribution is 0.0974. The van der Waals surface area contributed by atoms with E-state index in [1.165, 1.54) is 6.07 Å². The van der Waals surface area contributed by atoms with Gasteiger partial charge in [0.05, 0.1) is 5.56 Å². The van der Waals surface area contributed by atoms with Crippen LogP contribution in [0.25, 0.3) is 0 Å². The van der Waals surface area contributed by atoms with Crippen molar-refractivity contribution in [3.05, 3.63) is 66.1 Å². The molecule has 6 heteroatoms. The number of halogens is 1. The number of hydrogen-bond donors (Lipinski definition) is 1. The van der Waals surface area contributed by atoms with Crippen LogP contribution in [-0.2, 0) is 5.41 Å². The number of likely N-dealkylation sites (tertiary alicyclic amines) is 1. The molecule has 140 valence electrons. The summed E-state index contributed by atoms with van der Waals surface area (Å²) in [7, 11) is 0. The van der Waals surface area contributed by atoms with E-state index in [-0.39, 0.29) is 17.1 Å². The zero-order valence-electron chi connectivity index (χ0n) is 15.1. The van der Waals surface area contributed by atoms with Crippen LogP contribution in [0.4, 0.5) is 10.1 Å². The average Bonchev–Trinajstić information content (AvgIpc) is 2.97. The van der Waals surface area contributed by atoms with E-state index in [2.05, 4.69) is 29.1 Å². The Morgan fingerprint density at radius 1 is 1.33 bits per heavy atom. The quantitative estimate of drug-likeness (QED) is 0.649. The number of fused-ring (bicyclic) bond motifs is 2. The molecule has 0 radical (unpaired) electrons. The van der Waals surface area contributed by atoms with E-state index in [0.29, 0.717) is 17.1 Å². The van der Waals surface area contributed by atoms with Crippen LogP contribution >= 0.6 is 12.6 Å². The maximum Gasteiger partial charge on any atom is 0.261 e. The van der Waals surface area contributed by atoms with Gasteiger partial charge in [-0.25, -0.2) is 9.37 Å². The Kier molecular flexibility index (Phi) is 4.78. The molecule has 2 aliphatic rings. The maximum atomic E-state index is 14.1. The summed E-state index contributed by atoms with van der Waals surface area (Å²) in [6.45, 7) is 7.05. The second-order valence-electron chi connectivity index (χ2n) is 7.30. The normalized spacial score (nSPS) is 18.5. The molecule has 0 atom stereocenters. The topological polar surface area (TPSA) is 36.4 Å². The molecule has 0 saturated carbocycles. The summed E-state index contributed by atoms with van der Waals surface area (Å²) in [6, 6.07) is 8.23. The van der Waals surface area contributed by atoms with Gasteiger partial charge in [0.1, 0.15) is 10.8 Å². The Labute approximate surface area is 164 Å². The lowest BCUT2D eigenvalue weighted by Crippen LogP contribution is -2.46. The molecule has 4 nitrogen and oxygen atoms in total. The molecule has 1 aromatic carbocycles. The van der Waals surface area contributed by atoms with Gasteiger partial charge < -0.3 is 4.90 Å². The van der Waals surface area contributed by atoms with Crippen LogP contribution in [0, 0.1) is 5.82 Å². The summed E-state index contributed by atoms with van der Waals surface area (Å²) < 4.78 is 14.1. The molecular formula is C21H22FN3OS. The highest BCUT2D eigenvalue weighted by atomic mass is 32.1. The van der Waals surface area contributed by atoms with Gasteiger partial charge in [0.15, 0.2) is 0 Å². The van der Waals surface area contributed by atoms with Gasteiger partial charge in [-0.3, -0.25) is 9.69 Å². The van der Waals surface area contributed by atoms with Crippen molar-refractivity contribution < 1.29 is 9.18 Å². The van der Waals surface area contributed by atoms with E-state index in [4.69, 9.17) is 0 Å². The first-order valence-corrected chi connectivity index (χ1v) is 9.58. The van der Waals surface area contributed by atoms with Crippen molar-refractivity contribution in [2.45, 2.75) is 23.3 Å². The van der Waals surface area contributed by atoms with Crippen molar-refractivity contribution in [3.8, 4) is 0 Å². The number of pyridine rings is 1. The summed E-state index contributed by atoms with van der Waals surface area (Å²) >= 11 is 4.34. The Hall–Kier alpha value is -2.18. The summed E-state index contributed by atoms with van der Waals surface area (Å²) in [5.41, 5.74) is 2.01. The largest absolute Gasteiger partial charge is 0.307 e. The van der Waals surface area contributed by atoms with Crippen LogP contribution in [0.5, 0.6) is 0 Å². The minimum Gasteiger partial charge on any atom is -0.307 e. The van der Waals surface area contributed by atoms with Crippen molar-refractivity contribution in [2.75, 3.05) is 31.1 Å². The third kappa shape index (κ3) is 3.17. The fraction of sp³-hybridized carbons (Fsp3) is 0.333. The number of amides is 1. The number of hydrogen-bond acceptors (Lipinski definition) is 4. The smallest absolute Gasteiger partial charge is 0.261 e. The van der Waals surface area contributed by atoms with Crippen LogP contribution in [-0.4, -0.2) is 42.0 Å². The molecule has 1 spiro atoms. The van der Waals surface area contributed by atoms with Gasteiger partial charge in [-0.05, 0) is 61.8 Å². The molecular weight excluding hydrogens is 361 g/mol. The predicted octanol–water partition coefficient (Wildman–Crippen LogP) is 3.69. The summed E-state index contributed by atoms with van der Waals surface area (Å²) in [5, 5.41) is 0.410. The molecule has 0 bridgehead atoms. The Balaban J connectivity index is 1.70. The van der Waals surface area contributed by atoms with E-state index in [0.717, 1.165) is 43.7 Å². The number of carbonyl (C=O) groups is 1. The molecule has 0 unspecified atom stereocenters. The molecule has 3 heterocycles. The van der Waals surface area contributed by atoms with Gasteiger partial charge >= 0.3 is 0 Å². The van der Waals surface area contributed by atoms with Crippen molar-refractivity contribution >= 4 is 24.2 Å². The van der Waals surface area contributed by atoms with Crippen LogP contribution < -0.4 is 4.90 Å².